The SMILES string of the molecule is NNc1ccc(I)nc1. The van der Waals surface area contributed by atoms with Crippen molar-refractivity contribution in [2.75, 3.05) is 5.43 Å². The summed E-state index contributed by atoms with van der Waals surface area (Å²) < 4.78 is 0.964. The Bertz CT molecular complexity index is 184. The monoisotopic (exact) mass is 235 g/mol. The molecular formula is C5H6IN3. The number of halogens is 1. The molecular weight excluding hydrogens is 229 g/mol. The molecule has 3 nitrogen and oxygen atoms in total. The van der Waals surface area contributed by atoms with Crippen LogP contribution in [-0.4, -0.2) is 4.98 Å². The first-order valence-electron chi connectivity index (χ1n) is 2.41. The van der Waals surface area contributed by atoms with Crippen molar-refractivity contribution in [2.24, 2.45) is 5.84 Å². The van der Waals surface area contributed by atoms with Crippen LogP contribution in [0.4, 0.5) is 5.69 Å². The lowest BCUT2D eigenvalue weighted by Crippen LogP contribution is -2.06. The third-order valence-electron chi connectivity index (χ3n) is 0.894. The molecule has 3 N–H and O–H groups in total. The highest BCUT2D eigenvalue weighted by Gasteiger charge is 1.86. The number of nitrogens with two attached hydrogens (primary N) is 1. The van der Waals surface area contributed by atoms with E-state index in [-0.39, 0.29) is 0 Å². The first-order valence-corrected chi connectivity index (χ1v) is 3.49. The fraction of sp³-hybridized carbons (Fsp3) is 0. The summed E-state index contributed by atoms with van der Waals surface area (Å²) in [6.07, 6.45) is 1.68. The zero-order valence-electron chi connectivity index (χ0n) is 4.63. The van der Waals surface area contributed by atoms with Crippen LogP contribution < -0.4 is 11.3 Å². The topological polar surface area (TPSA) is 50.9 Å². The molecule has 0 saturated carbocycles. The van der Waals surface area contributed by atoms with E-state index in [4.69, 9.17) is 5.84 Å². The summed E-state index contributed by atoms with van der Waals surface area (Å²) in [7, 11) is 0. The molecule has 1 aromatic heterocycles. The number of nitrogens with zero attached hydrogens (tertiary/aromatic N) is 1. The zero-order valence-corrected chi connectivity index (χ0v) is 6.79. The Balaban J connectivity index is 2.88. The van der Waals surface area contributed by atoms with E-state index in [1.54, 1.807) is 6.20 Å². The van der Waals surface area contributed by atoms with Crippen molar-refractivity contribution in [3.8, 4) is 0 Å². The van der Waals surface area contributed by atoms with Gasteiger partial charge in [0.25, 0.3) is 0 Å². The average Bonchev–Trinajstić information content (AvgIpc) is 1.90. The van der Waals surface area contributed by atoms with Crippen molar-refractivity contribution < 1.29 is 0 Å². The van der Waals surface area contributed by atoms with Gasteiger partial charge in [-0.25, -0.2) is 4.98 Å². The second-order valence-electron chi connectivity index (χ2n) is 1.51. The van der Waals surface area contributed by atoms with Crippen LogP contribution in [0.2, 0.25) is 0 Å². The van der Waals surface area contributed by atoms with Crippen molar-refractivity contribution in [3.63, 3.8) is 0 Å². The van der Waals surface area contributed by atoms with Gasteiger partial charge in [0.05, 0.1) is 11.9 Å². The van der Waals surface area contributed by atoms with Crippen molar-refractivity contribution in [1.29, 1.82) is 0 Å². The number of aromatic nitrogens is 1. The van der Waals surface area contributed by atoms with E-state index in [0.29, 0.717) is 0 Å². The number of hydrogen-bond donors (Lipinski definition) is 2. The Morgan fingerprint density at radius 1 is 1.56 bits per heavy atom. The minimum absolute atomic E-state index is 0.829. The lowest BCUT2D eigenvalue weighted by molar-refractivity contribution is 1.24. The maximum absolute atomic E-state index is 5.11. The van der Waals surface area contributed by atoms with Gasteiger partial charge in [0.2, 0.25) is 0 Å². The van der Waals surface area contributed by atoms with Gasteiger partial charge in [-0.1, -0.05) is 0 Å². The number of anilines is 1. The predicted octanol–water partition coefficient (Wildman–Crippen LogP) is 0.972. The molecule has 0 fully saturated rings. The molecule has 0 amide bonds. The maximum atomic E-state index is 5.11. The Labute approximate surface area is 66.8 Å². The molecule has 0 unspecified atom stereocenters. The number of nitrogen functional groups attached to an aromatic ring is 1. The van der Waals surface area contributed by atoms with Crippen LogP contribution in [0.5, 0.6) is 0 Å². The van der Waals surface area contributed by atoms with Crippen molar-refractivity contribution in [2.45, 2.75) is 0 Å². The summed E-state index contributed by atoms with van der Waals surface area (Å²) in [6, 6.07) is 3.75. The van der Waals surface area contributed by atoms with Gasteiger partial charge in [-0.2, -0.15) is 0 Å². The van der Waals surface area contributed by atoms with Gasteiger partial charge >= 0.3 is 0 Å². The molecule has 0 bridgehead atoms. The molecule has 0 aromatic carbocycles. The fourth-order valence-corrected chi connectivity index (χ4v) is 0.780. The standard InChI is InChI=1S/C5H6IN3/c6-5-2-1-4(9-7)3-8-5/h1-3,9H,7H2. The molecule has 1 heterocycles. The summed E-state index contributed by atoms with van der Waals surface area (Å²) >= 11 is 2.13. The van der Waals surface area contributed by atoms with E-state index in [0.717, 1.165) is 9.39 Å². The van der Waals surface area contributed by atoms with Crippen molar-refractivity contribution in [3.05, 3.63) is 22.0 Å². The van der Waals surface area contributed by atoms with E-state index in [1.807, 2.05) is 12.1 Å². The Morgan fingerprint density at radius 2 is 2.33 bits per heavy atom. The number of rotatable bonds is 1. The van der Waals surface area contributed by atoms with Crippen LogP contribution >= 0.6 is 22.6 Å². The molecule has 0 spiro atoms. The molecule has 1 aromatic rings. The maximum Gasteiger partial charge on any atom is 0.101 e. The van der Waals surface area contributed by atoms with Gasteiger partial charge < -0.3 is 5.43 Å². The summed E-state index contributed by atoms with van der Waals surface area (Å²) in [5, 5.41) is 0. The second-order valence-corrected chi connectivity index (χ2v) is 2.62. The van der Waals surface area contributed by atoms with Crippen LogP contribution in [-0.2, 0) is 0 Å². The lowest BCUT2D eigenvalue weighted by atomic mass is 10.4. The van der Waals surface area contributed by atoms with Gasteiger partial charge in [-0.3, -0.25) is 5.84 Å². The van der Waals surface area contributed by atoms with Gasteiger partial charge in [0.1, 0.15) is 3.70 Å². The molecule has 9 heavy (non-hydrogen) atoms. The van der Waals surface area contributed by atoms with E-state index >= 15 is 0 Å². The first-order chi connectivity index (χ1) is 4.33. The van der Waals surface area contributed by atoms with E-state index in [2.05, 4.69) is 33.0 Å². The molecule has 48 valence electrons. The fourth-order valence-electron chi connectivity index (χ4n) is 0.461. The van der Waals surface area contributed by atoms with Crippen LogP contribution in [0.15, 0.2) is 18.3 Å². The number of hydrogen-bond acceptors (Lipinski definition) is 3. The van der Waals surface area contributed by atoms with Crippen LogP contribution in [0.1, 0.15) is 0 Å². The molecule has 0 aliphatic heterocycles. The minimum Gasteiger partial charge on any atom is -0.323 e. The van der Waals surface area contributed by atoms with E-state index in [1.165, 1.54) is 0 Å². The number of nitrogens with one attached hydrogen (secondary N) is 1. The predicted molar refractivity (Wildman–Crippen MR) is 44.8 cm³/mol. The Kier molecular flexibility index (Phi) is 2.23. The van der Waals surface area contributed by atoms with Gasteiger partial charge in [0.15, 0.2) is 0 Å². The summed E-state index contributed by atoms with van der Waals surface area (Å²) in [5.41, 5.74) is 3.32. The molecule has 0 radical (unpaired) electrons. The quantitative estimate of drug-likeness (QED) is 0.330. The van der Waals surface area contributed by atoms with Gasteiger partial charge in [-0.05, 0) is 34.7 Å². The first kappa shape index (κ1) is 6.76. The highest BCUT2D eigenvalue weighted by Crippen LogP contribution is 2.04. The average molecular weight is 235 g/mol. The highest BCUT2D eigenvalue weighted by atomic mass is 127. The molecule has 0 aliphatic carbocycles. The Morgan fingerprint density at radius 3 is 2.78 bits per heavy atom. The second kappa shape index (κ2) is 2.98. The highest BCUT2D eigenvalue weighted by molar-refractivity contribution is 14.1. The number of pyridine rings is 1. The summed E-state index contributed by atoms with van der Waals surface area (Å²) in [5.74, 6) is 5.11. The molecule has 0 atom stereocenters. The normalized spacial score (nSPS) is 9.11. The summed E-state index contributed by atoms with van der Waals surface area (Å²) in [4.78, 5) is 3.99. The van der Waals surface area contributed by atoms with E-state index < -0.39 is 0 Å². The minimum atomic E-state index is 0.829. The largest absolute Gasteiger partial charge is 0.323 e. The Hall–Kier alpha value is -0.360. The van der Waals surface area contributed by atoms with Crippen molar-refractivity contribution >= 4 is 28.3 Å². The van der Waals surface area contributed by atoms with Crippen LogP contribution in [0, 0.1) is 3.70 Å². The third kappa shape index (κ3) is 1.79. The molecule has 0 saturated heterocycles. The molecule has 1 rings (SSSR count). The third-order valence-corrected chi connectivity index (χ3v) is 1.53. The zero-order chi connectivity index (χ0) is 6.69. The number of hydrazine groups is 1. The molecule has 4 heteroatoms. The molecule has 0 aliphatic rings. The lowest BCUT2D eigenvalue weighted by Gasteiger charge is -1.95. The van der Waals surface area contributed by atoms with Crippen molar-refractivity contribution in [1.82, 2.24) is 4.98 Å². The van der Waals surface area contributed by atoms with E-state index in [9.17, 15) is 0 Å². The van der Waals surface area contributed by atoms with Gasteiger partial charge in [0, 0.05) is 0 Å². The summed E-state index contributed by atoms with van der Waals surface area (Å²) in [6.45, 7) is 0. The van der Waals surface area contributed by atoms with Crippen LogP contribution in [0.25, 0.3) is 0 Å². The van der Waals surface area contributed by atoms with Crippen LogP contribution in [0.3, 0.4) is 0 Å². The smallest absolute Gasteiger partial charge is 0.101 e. The van der Waals surface area contributed by atoms with Gasteiger partial charge in [-0.15, -0.1) is 0 Å².